The minimum atomic E-state index is -1.21. The fourth-order valence-corrected chi connectivity index (χ4v) is 4.33. The molecule has 0 aromatic heterocycles. The van der Waals surface area contributed by atoms with E-state index in [0.29, 0.717) is 22.8 Å². The Bertz CT molecular complexity index is 599. The highest BCUT2D eigenvalue weighted by molar-refractivity contribution is 8.00. The van der Waals surface area contributed by atoms with Crippen LogP contribution in [-0.4, -0.2) is 48.2 Å². The molecule has 2 rings (SSSR count). The molecule has 0 bridgehead atoms. The molecule has 0 N–H and O–H groups in total. The molecule has 6 nitrogen and oxygen atoms in total. The van der Waals surface area contributed by atoms with Crippen LogP contribution >= 0.6 is 11.8 Å². The van der Waals surface area contributed by atoms with E-state index in [9.17, 15) is 14.7 Å². The van der Waals surface area contributed by atoms with Crippen LogP contribution in [0.4, 0.5) is 0 Å². The lowest BCUT2D eigenvalue weighted by Gasteiger charge is -2.30. The standard InChI is InChI=1S/C18H25NO5S/c1-4-5-6-7-16-19(15(11-25-16)18(21)22)17(20)12-8-13(23-2)10-14(9-12)24-3/h8-10,15-16H,4-7,11H2,1-3H3,(H,21,22)/p-1/t15-,16+/m0/s1. The van der Waals surface area contributed by atoms with Gasteiger partial charge >= 0.3 is 0 Å². The van der Waals surface area contributed by atoms with Crippen molar-refractivity contribution in [3.63, 3.8) is 0 Å². The topological polar surface area (TPSA) is 78.9 Å². The van der Waals surface area contributed by atoms with Crippen LogP contribution in [0.25, 0.3) is 0 Å². The summed E-state index contributed by atoms with van der Waals surface area (Å²) in [4.78, 5) is 26.0. The molecular formula is C18H24NO5S-. The molecule has 1 aliphatic heterocycles. The second kappa shape index (κ2) is 8.99. The van der Waals surface area contributed by atoms with Crippen LogP contribution in [0.3, 0.4) is 0 Å². The Hall–Kier alpha value is -1.89. The number of aliphatic carboxylic acids is 1. The van der Waals surface area contributed by atoms with Crippen molar-refractivity contribution in [1.82, 2.24) is 4.90 Å². The van der Waals surface area contributed by atoms with E-state index >= 15 is 0 Å². The number of ether oxygens (including phenoxy) is 2. The average Bonchev–Trinajstić information content (AvgIpc) is 3.04. The summed E-state index contributed by atoms with van der Waals surface area (Å²) in [5.41, 5.74) is 0.352. The highest BCUT2D eigenvalue weighted by Gasteiger charge is 2.38. The van der Waals surface area contributed by atoms with Gasteiger partial charge in [-0.15, -0.1) is 11.8 Å². The number of methoxy groups -OCH3 is 2. The summed E-state index contributed by atoms with van der Waals surface area (Å²) in [6.45, 7) is 2.11. The van der Waals surface area contributed by atoms with Crippen molar-refractivity contribution >= 4 is 23.6 Å². The number of benzene rings is 1. The molecular weight excluding hydrogens is 342 g/mol. The van der Waals surface area contributed by atoms with Crippen molar-refractivity contribution in [2.75, 3.05) is 20.0 Å². The van der Waals surface area contributed by atoms with Gasteiger partial charge in [0.1, 0.15) is 11.5 Å². The number of unbranched alkanes of at least 4 members (excludes halogenated alkanes) is 2. The Morgan fingerprint density at radius 2 is 1.84 bits per heavy atom. The van der Waals surface area contributed by atoms with Gasteiger partial charge in [0.15, 0.2) is 0 Å². The summed E-state index contributed by atoms with van der Waals surface area (Å²) in [6, 6.07) is 3.96. The van der Waals surface area contributed by atoms with Crippen molar-refractivity contribution in [2.45, 2.75) is 44.0 Å². The number of nitrogens with zero attached hydrogens (tertiary/aromatic N) is 1. The van der Waals surface area contributed by atoms with E-state index in [1.807, 2.05) is 0 Å². The summed E-state index contributed by atoms with van der Waals surface area (Å²) < 4.78 is 10.4. The van der Waals surface area contributed by atoms with Crippen LogP contribution in [-0.2, 0) is 4.79 Å². The van der Waals surface area contributed by atoms with Gasteiger partial charge in [0, 0.05) is 17.4 Å². The molecule has 1 fully saturated rings. The number of hydrogen-bond donors (Lipinski definition) is 0. The average molecular weight is 366 g/mol. The fourth-order valence-electron chi connectivity index (χ4n) is 2.89. The first kappa shape index (κ1) is 19.4. The maximum Gasteiger partial charge on any atom is 0.255 e. The van der Waals surface area contributed by atoms with Gasteiger partial charge in [-0.2, -0.15) is 0 Å². The lowest BCUT2D eigenvalue weighted by atomic mass is 10.1. The summed E-state index contributed by atoms with van der Waals surface area (Å²) in [7, 11) is 3.01. The van der Waals surface area contributed by atoms with Crippen LogP contribution in [0.15, 0.2) is 18.2 Å². The van der Waals surface area contributed by atoms with E-state index in [1.165, 1.54) is 30.9 Å². The second-order valence-electron chi connectivity index (χ2n) is 5.93. The van der Waals surface area contributed by atoms with Gasteiger partial charge in [-0.05, 0) is 18.6 Å². The number of carbonyl (C=O) groups is 2. The molecule has 25 heavy (non-hydrogen) atoms. The van der Waals surface area contributed by atoms with Crippen molar-refractivity contribution in [2.24, 2.45) is 0 Å². The van der Waals surface area contributed by atoms with Gasteiger partial charge in [0.05, 0.1) is 31.6 Å². The van der Waals surface area contributed by atoms with Gasteiger partial charge < -0.3 is 24.3 Å². The van der Waals surface area contributed by atoms with E-state index in [1.54, 1.807) is 18.2 Å². The van der Waals surface area contributed by atoms with Gasteiger partial charge in [-0.25, -0.2) is 0 Å². The van der Waals surface area contributed by atoms with E-state index in [-0.39, 0.29) is 11.3 Å². The van der Waals surface area contributed by atoms with Gasteiger partial charge in [0.2, 0.25) is 0 Å². The van der Waals surface area contributed by atoms with Crippen LogP contribution < -0.4 is 14.6 Å². The Balaban J connectivity index is 2.29. The predicted molar refractivity (Wildman–Crippen MR) is 94.9 cm³/mol. The maximum atomic E-state index is 13.1. The summed E-state index contributed by atoms with van der Waals surface area (Å²) in [5.74, 6) is -0.220. The number of hydrogen-bond acceptors (Lipinski definition) is 6. The van der Waals surface area contributed by atoms with Crippen LogP contribution in [0.1, 0.15) is 43.0 Å². The smallest absolute Gasteiger partial charge is 0.255 e. The lowest BCUT2D eigenvalue weighted by molar-refractivity contribution is -0.310. The van der Waals surface area contributed by atoms with Gasteiger partial charge in [-0.1, -0.05) is 26.2 Å². The van der Waals surface area contributed by atoms with Crippen molar-refractivity contribution in [1.29, 1.82) is 0 Å². The SMILES string of the molecule is CCCCC[C@H]1SC[C@@H](C(=O)[O-])N1C(=O)c1cc(OC)cc(OC)c1. The Labute approximate surface area is 152 Å². The van der Waals surface area contributed by atoms with Gasteiger partial charge in [-0.3, -0.25) is 4.79 Å². The van der Waals surface area contributed by atoms with Crippen LogP contribution in [0, 0.1) is 0 Å². The van der Waals surface area contributed by atoms with Crippen molar-refractivity contribution in [3.8, 4) is 11.5 Å². The second-order valence-corrected chi connectivity index (χ2v) is 7.14. The third kappa shape index (κ3) is 4.60. The largest absolute Gasteiger partial charge is 0.548 e. The van der Waals surface area contributed by atoms with Gasteiger partial charge in [0.25, 0.3) is 5.91 Å². The van der Waals surface area contributed by atoms with Crippen LogP contribution in [0.2, 0.25) is 0 Å². The quantitative estimate of drug-likeness (QED) is 0.654. The monoisotopic (exact) mass is 366 g/mol. The molecule has 0 unspecified atom stereocenters. The molecule has 1 saturated heterocycles. The molecule has 1 amide bonds. The molecule has 2 atom stereocenters. The highest BCUT2D eigenvalue weighted by atomic mass is 32.2. The maximum absolute atomic E-state index is 13.1. The number of thioether (sulfide) groups is 1. The van der Waals surface area contributed by atoms with E-state index in [4.69, 9.17) is 9.47 Å². The van der Waals surface area contributed by atoms with Crippen LogP contribution in [0.5, 0.6) is 11.5 Å². The third-order valence-electron chi connectivity index (χ3n) is 4.25. The molecule has 1 heterocycles. The van der Waals surface area contributed by atoms with E-state index in [0.717, 1.165) is 25.7 Å². The first-order valence-electron chi connectivity index (χ1n) is 8.40. The number of carboxylic acid groups (broad SMARTS) is 1. The Morgan fingerprint density at radius 3 is 2.36 bits per heavy atom. The Morgan fingerprint density at radius 1 is 1.20 bits per heavy atom. The zero-order chi connectivity index (χ0) is 18.4. The summed E-state index contributed by atoms with van der Waals surface area (Å²) >= 11 is 1.50. The zero-order valence-corrected chi connectivity index (χ0v) is 15.6. The number of rotatable bonds is 8. The molecule has 0 radical (unpaired) electrons. The molecule has 0 aliphatic carbocycles. The number of carbonyl (C=O) groups excluding carboxylic acids is 2. The Kier molecular flexibility index (Phi) is 6.99. The summed E-state index contributed by atoms with van der Waals surface area (Å²) in [6.07, 6.45) is 3.86. The molecule has 7 heteroatoms. The molecule has 1 aliphatic rings. The zero-order valence-electron chi connectivity index (χ0n) is 14.8. The molecule has 1 aromatic rings. The summed E-state index contributed by atoms with van der Waals surface area (Å²) in [5, 5.41) is 11.3. The molecule has 0 saturated carbocycles. The fraction of sp³-hybridized carbons (Fsp3) is 0.556. The van der Waals surface area contributed by atoms with E-state index < -0.39 is 12.0 Å². The highest BCUT2D eigenvalue weighted by Crippen LogP contribution is 2.35. The first-order valence-corrected chi connectivity index (χ1v) is 9.44. The minimum absolute atomic E-state index is 0.154. The predicted octanol–water partition coefficient (Wildman–Crippen LogP) is 1.92. The number of amides is 1. The molecule has 138 valence electrons. The normalized spacial score (nSPS) is 19.7. The third-order valence-corrected chi connectivity index (χ3v) is 5.61. The number of carboxylic acids is 1. The minimum Gasteiger partial charge on any atom is -0.548 e. The van der Waals surface area contributed by atoms with E-state index in [2.05, 4.69) is 6.92 Å². The van der Waals surface area contributed by atoms with Crippen molar-refractivity contribution in [3.05, 3.63) is 23.8 Å². The lowest BCUT2D eigenvalue weighted by Crippen LogP contribution is -2.50. The molecule has 0 spiro atoms. The van der Waals surface area contributed by atoms with Crippen molar-refractivity contribution < 1.29 is 24.2 Å². The molecule has 1 aromatic carbocycles. The first-order chi connectivity index (χ1) is 12.0.